The van der Waals surface area contributed by atoms with Crippen molar-refractivity contribution in [3.63, 3.8) is 0 Å². The molecule has 0 aromatic heterocycles. The number of hydrogen-bond acceptors (Lipinski definition) is 1. The number of rotatable bonds is 2. The van der Waals surface area contributed by atoms with E-state index >= 15 is 0 Å². The van der Waals surface area contributed by atoms with Crippen molar-refractivity contribution in [1.82, 2.24) is 0 Å². The van der Waals surface area contributed by atoms with Gasteiger partial charge in [-0.1, -0.05) is 29.3 Å². The van der Waals surface area contributed by atoms with Gasteiger partial charge >= 0.3 is 0 Å². The SMILES string of the molecule is Cc1cc(C)c(C(=O)C(Cl)Cl)cc1C. The molecule has 0 aliphatic carbocycles. The lowest BCUT2D eigenvalue weighted by molar-refractivity contribution is 0.101. The van der Waals surface area contributed by atoms with Crippen molar-refractivity contribution in [1.29, 1.82) is 0 Å². The molecule has 0 aliphatic rings. The minimum absolute atomic E-state index is 0.228. The molecule has 1 rings (SSSR count). The third kappa shape index (κ3) is 2.28. The van der Waals surface area contributed by atoms with Crippen LogP contribution in [-0.2, 0) is 0 Å². The zero-order valence-corrected chi connectivity index (χ0v) is 9.91. The van der Waals surface area contributed by atoms with Crippen molar-refractivity contribution < 1.29 is 4.79 Å². The van der Waals surface area contributed by atoms with Crippen LogP contribution in [0, 0.1) is 20.8 Å². The predicted molar refractivity (Wildman–Crippen MR) is 60.5 cm³/mol. The number of carbonyl (C=O) groups excluding carboxylic acids is 1. The molecule has 0 radical (unpaired) electrons. The minimum atomic E-state index is -0.976. The second-order valence-corrected chi connectivity index (χ2v) is 4.51. The number of alkyl halides is 2. The lowest BCUT2D eigenvalue weighted by atomic mass is 9.99. The van der Waals surface area contributed by atoms with Crippen LogP contribution in [0.25, 0.3) is 0 Å². The van der Waals surface area contributed by atoms with Crippen molar-refractivity contribution in [2.24, 2.45) is 0 Å². The number of aryl methyl sites for hydroxylation is 3. The molecule has 0 unspecified atom stereocenters. The van der Waals surface area contributed by atoms with E-state index in [0.717, 1.165) is 11.1 Å². The lowest BCUT2D eigenvalue weighted by Gasteiger charge is -2.09. The first-order valence-electron chi connectivity index (χ1n) is 4.33. The Morgan fingerprint density at radius 1 is 1.07 bits per heavy atom. The summed E-state index contributed by atoms with van der Waals surface area (Å²) in [5, 5.41) is 0. The van der Waals surface area contributed by atoms with E-state index in [0.29, 0.717) is 5.56 Å². The van der Waals surface area contributed by atoms with Gasteiger partial charge in [0.25, 0.3) is 0 Å². The van der Waals surface area contributed by atoms with Gasteiger partial charge in [0, 0.05) is 5.56 Å². The van der Waals surface area contributed by atoms with E-state index in [1.165, 1.54) is 5.56 Å². The maximum absolute atomic E-state index is 11.6. The van der Waals surface area contributed by atoms with Crippen LogP contribution in [0.2, 0.25) is 0 Å². The topological polar surface area (TPSA) is 17.1 Å². The Labute approximate surface area is 94.0 Å². The van der Waals surface area contributed by atoms with Gasteiger partial charge in [-0.3, -0.25) is 4.79 Å². The van der Waals surface area contributed by atoms with E-state index in [4.69, 9.17) is 23.2 Å². The monoisotopic (exact) mass is 230 g/mol. The van der Waals surface area contributed by atoms with Crippen LogP contribution in [0.1, 0.15) is 27.0 Å². The highest BCUT2D eigenvalue weighted by Gasteiger charge is 2.16. The molecule has 0 spiro atoms. The summed E-state index contributed by atoms with van der Waals surface area (Å²) >= 11 is 11.1. The van der Waals surface area contributed by atoms with Crippen molar-refractivity contribution >= 4 is 29.0 Å². The third-order valence-corrected chi connectivity index (χ3v) is 2.70. The average molecular weight is 231 g/mol. The van der Waals surface area contributed by atoms with Crippen LogP contribution >= 0.6 is 23.2 Å². The maximum Gasteiger partial charge on any atom is 0.195 e. The molecule has 0 saturated heterocycles. The summed E-state index contributed by atoms with van der Waals surface area (Å²) in [6, 6.07) is 3.81. The van der Waals surface area contributed by atoms with Gasteiger partial charge in [-0.15, -0.1) is 0 Å². The van der Waals surface area contributed by atoms with Crippen molar-refractivity contribution in [3.05, 3.63) is 34.4 Å². The molecule has 14 heavy (non-hydrogen) atoms. The van der Waals surface area contributed by atoms with Gasteiger partial charge in [-0.05, 0) is 43.5 Å². The van der Waals surface area contributed by atoms with Crippen LogP contribution in [0.15, 0.2) is 12.1 Å². The molecule has 76 valence electrons. The van der Waals surface area contributed by atoms with Crippen molar-refractivity contribution in [2.45, 2.75) is 25.6 Å². The van der Waals surface area contributed by atoms with Gasteiger partial charge in [0.2, 0.25) is 0 Å². The largest absolute Gasteiger partial charge is 0.291 e. The van der Waals surface area contributed by atoms with E-state index in [1.807, 2.05) is 32.9 Å². The molecule has 0 saturated carbocycles. The first-order chi connectivity index (χ1) is 6.43. The summed E-state index contributed by atoms with van der Waals surface area (Å²) < 4.78 is 0. The average Bonchev–Trinajstić information content (AvgIpc) is 2.10. The molecule has 3 heteroatoms. The van der Waals surface area contributed by atoms with Gasteiger partial charge < -0.3 is 0 Å². The van der Waals surface area contributed by atoms with Crippen LogP contribution < -0.4 is 0 Å². The van der Waals surface area contributed by atoms with Crippen molar-refractivity contribution in [3.8, 4) is 0 Å². The maximum atomic E-state index is 11.6. The summed E-state index contributed by atoms with van der Waals surface area (Å²) in [5.41, 5.74) is 3.78. The molecular formula is C11H12Cl2O. The fraction of sp³-hybridized carbons (Fsp3) is 0.364. The first kappa shape index (κ1) is 11.5. The first-order valence-corrected chi connectivity index (χ1v) is 5.21. The molecule has 0 atom stereocenters. The van der Waals surface area contributed by atoms with Gasteiger partial charge in [-0.25, -0.2) is 0 Å². The van der Waals surface area contributed by atoms with E-state index < -0.39 is 4.84 Å². The van der Waals surface area contributed by atoms with Gasteiger partial charge in [0.15, 0.2) is 10.6 Å². The van der Waals surface area contributed by atoms with Gasteiger partial charge in [-0.2, -0.15) is 0 Å². The zero-order valence-electron chi connectivity index (χ0n) is 8.40. The number of halogens is 2. The Bertz CT molecular complexity index is 370. The second-order valence-electron chi connectivity index (χ2n) is 3.42. The molecule has 0 bridgehead atoms. The predicted octanol–water partition coefficient (Wildman–Crippen LogP) is 3.60. The molecule has 0 heterocycles. The quantitative estimate of drug-likeness (QED) is 0.561. The molecule has 1 nitrogen and oxygen atoms in total. The third-order valence-electron chi connectivity index (χ3n) is 2.30. The number of benzene rings is 1. The molecular weight excluding hydrogens is 219 g/mol. The smallest absolute Gasteiger partial charge is 0.195 e. The lowest BCUT2D eigenvalue weighted by Crippen LogP contribution is -2.10. The standard InChI is InChI=1S/C11H12Cl2O/c1-6-4-8(3)9(5-7(6)2)10(14)11(12)13/h4-5,11H,1-3H3. The number of Topliss-reactive ketones (excluding diaryl/α,β-unsaturated/α-hetero) is 1. The number of hydrogen-bond donors (Lipinski definition) is 0. The molecule has 0 fully saturated rings. The van der Waals surface area contributed by atoms with E-state index in [9.17, 15) is 4.79 Å². The Kier molecular flexibility index (Phi) is 3.57. The van der Waals surface area contributed by atoms with E-state index in [2.05, 4.69) is 0 Å². The Morgan fingerprint density at radius 3 is 2.07 bits per heavy atom. The molecule has 0 N–H and O–H groups in total. The second kappa shape index (κ2) is 4.33. The van der Waals surface area contributed by atoms with Crippen LogP contribution in [0.3, 0.4) is 0 Å². The summed E-state index contributed by atoms with van der Waals surface area (Å²) in [6.45, 7) is 5.86. The summed E-state index contributed by atoms with van der Waals surface area (Å²) in [5.74, 6) is -0.228. The summed E-state index contributed by atoms with van der Waals surface area (Å²) in [4.78, 5) is 10.6. The molecule has 0 amide bonds. The van der Waals surface area contributed by atoms with Crippen molar-refractivity contribution in [2.75, 3.05) is 0 Å². The van der Waals surface area contributed by atoms with Crippen LogP contribution in [0.5, 0.6) is 0 Å². The number of carbonyl (C=O) groups is 1. The normalized spacial score (nSPS) is 10.7. The fourth-order valence-corrected chi connectivity index (χ4v) is 1.58. The van der Waals surface area contributed by atoms with Gasteiger partial charge in [0.05, 0.1) is 0 Å². The van der Waals surface area contributed by atoms with Crippen LogP contribution in [-0.4, -0.2) is 10.6 Å². The van der Waals surface area contributed by atoms with E-state index in [-0.39, 0.29) is 5.78 Å². The molecule has 1 aromatic rings. The fourth-order valence-electron chi connectivity index (χ4n) is 1.34. The molecule has 0 aliphatic heterocycles. The zero-order chi connectivity index (χ0) is 10.9. The Balaban J connectivity index is 3.22. The number of ketones is 1. The molecule has 1 aromatic carbocycles. The summed E-state index contributed by atoms with van der Waals surface area (Å²) in [6.07, 6.45) is 0. The highest BCUT2D eigenvalue weighted by atomic mass is 35.5. The minimum Gasteiger partial charge on any atom is -0.291 e. The highest BCUT2D eigenvalue weighted by Crippen LogP contribution is 2.19. The Hall–Kier alpha value is -0.530. The Morgan fingerprint density at radius 2 is 1.57 bits per heavy atom. The highest BCUT2D eigenvalue weighted by molar-refractivity contribution is 6.55. The van der Waals surface area contributed by atoms with E-state index in [1.54, 1.807) is 0 Å². The van der Waals surface area contributed by atoms with Crippen LogP contribution in [0.4, 0.5) is 0 Å². The van der Waals surface area contributed by atoms with Gasteiger partial charge in [0.1, 0.15) is 0 Å². The summed E-state index contributed by atoms with van der Waals surface area (Å²) in [7, 11) is 0.